The predicted octanol–water partition coefficient (Wildman–Crippen LogP) is 8.69. The molecule has 1 aliphatic rings. The van der Waals surface area contributed by atoms with Crippen LogP contribution in [0.1, 0.15) is 89.1 Å². The molecule has 0 saturated carbocycles. The smallest absolute Gasteiger partial charge is 0.253 e. The minimum Gasteiger partial charge on any atom is -0.362 e. The molecule has 236 valence electrons. The van der Waals surface area contributed by atoms with Gasteiger partial charge in [-0.25, -0.2) is 4.98 Å². The number of rotatable bonds is 13. The van der Waals surface area contributed by atoms with Gasteiger partial charge in [-0.3, -0.25) is 4.79 Å². The van der Waals surface area contributed by atoms with Crippen LogP contribution in [0, 0.1) is 18.8 Å². The van der Waals surface area contributed by atoms with Crippen molar-refractivity contribution in [2.24, 2.45) is 11.8 Å². The third-order valence-corrected chi connectivity index (χ3v) is 8.01. The molecular weight excluding hydrogens is 532 g/mol. The topological polar surface area (TPSA) is 65.4 Å². The van der Waals surface area contributed by atoms with Crippen LogP contribution in [0.25, 0.3) is 11.0 Å². The van der Waals surface area contributed by atoms with Crippen LogP contribution < -0.4 is 10.6 Å². The van der Waals surface area contributed by atoms with Crippen LogP contribution in [0.15, 0.2) is 49.2 Å². The lowest BCUT2D eigenvalue weighted by molar-refractivity contribution is 0.0741. The maximum Gasteiger partial charge on any atom is 0.253 e. The van der Waals surface area contributed by atoms with Gasteiger partial charge >= 0.3 is 0 Å². The molecule has 0 spiro atoms. The number of piperidine rings is 1. The summed E-state index contributed by atoms with van der Waals surface area (Å²) in [4.78, 5) is 22.9. The Balaban J connectivity index is 0.000000633. The van der Waals surface area contributed by atoms with Gasteiger partial charge in [0.05, 0.1) is 11.0 Å². The number of hydrogen-bond acceptors (Lipinski definition) is 5. The van der Waals surface area contributed by atoms with Gasteiger partial charge in [0.2, 0.25) is 5.95 Å². The molecule has 1 aliphatic heterocycles. The highest BCUT2D eigenvalue weighted by Gasteiger charge is 2.19. The molecule has 43 heavy (non-hydrogen) atoms. The molecular formula is C36H56N6O. The molecule has 1 saturated heterocycles. The minimum atomic E-state index is 0.107. The Hall–Kier alpha value is -3.32. The monoisotopic (exact) mass is 588 g/mol. The number of likely N-dealkylation sites (tertiary alicyclic amines) is 1. The summed E-state index contributed by atoms with van der Waals surface area (Å²) in [7, 11) is 2.19. The number of aryl methyl sites for hydroxylation is 2. The molecule has 0 bridgehead atoms. The lowest BCUT2D eigenvalue weighted by Crippen LogP contribution is -2.34. The van der Waals surface area contributed by atoms with E-state index in [1.165, 1.54) is 32.4 Å². The molecule has 0 unspecified atom stereocenters. The lowest BCUT2D eigenvalue weighted by Gasteiger charge is -2.24. The fraction of sp³-hybridized carbons (Fsp3) is 0.556. The van der Waals surface area contributed by atoms with Crippen molar-refractivity contribution in [1.29, 1.82) is 0 Å². The molecule has 2 aromatic carbocycles. The first-order chi connectivity index (χ1) is 20.6. The Morgan fingerprint density at radius 1 is 1.02 bits per heavy atom. The number of nitrogens with zero attached hydrogens (tertiary/aromatic N) is 4. The van der Waals surface area contributed by atoms with E-state index in [9.17, 15) is 4.79 Å². The maximum absolute atomic E-state index is 13.6. The van der Waals surface area contributed by atoms with E-state index in [2.05, 4.69) is 93.5 Å². The van der Waals surface area contributed by atoms with Crippen molar-refractivity contribution < 1.29 is 4.79 Å². The predicted molar refractivity (Wildman–Crippen MR) is 184 cm³/mol. The van der Waals surface area contributed by atoms with Gasteiger partial charge in [-0.15, -0.1) is 0 Å². The van der Waals surface area contributed by atoms with Gasteiger partial charge < -0.3 is 25.0 Å². The van der Waals surface area contributed by atoms with Gasteiger partial charge in [0.1, 0.15) is 0 Å². The Bertz CT molecular complexity index is 1290. The first kappa shape index (κ1) is 34.2. The zero-order valence-corrected chi connectivity index (χ0v) is 27.9. The van der Waals surface area contributed by atoms with Crippen LogP contribution in [-0.2, 0) is 6.54 Å². The van der Waals surface area contributed by atoms with Gasteiger partial charge in [-0.05, 0) is 113 Å². The number of carbonyl (C=O) groups excluding carboxylic acids is 1. The highest BCUT2D eigenvalue weighted by Crippen LogP contribution is 2.27. The first-order valence-electron chi connectivity index (χ1n) is 16.4. The van der Waals surface area contributed by atoms with E-state index in [0.29, 0.717) is 11.8 Å². The summed E-state index contributed by atoms with van der Waals surface area (Å²) in [5.41, 5.74) is 5.69. The largest absolute Gasteiger partial charge is 0.362 e. The molecule has 1 amide bonds. The van der Waals surface area contributed by atoms with Crippen LogP contribution in [0.3, 0.4) is 0 Å². The Labute approximate surface area is 260 Å². The van der Waals surface area contributed by atoms with Gasteiger partial charge in [0.25, 0.3) is 5.91 Å². The molecule has 0 aliphatic carbocycles. The number of amides is 1. The van der Waals surface area contributed by atoms with Gasteiger partial charge in [0, 0.05) is 36.6 Å². The number of benzene rings is 2. The van der Waals surface area contributed by atoms with E-state index >= 15 is 0 Å². The summed E-state index contributed by atoms with van der Waals surface area (Å²) in [6.07, 6.45) is 8.94. The fourth-order valence-electron chi connectivity index (χ4n) is 5.27. The zero-order chi connectivity index (χ0) is 31.4. The lowest BCUT2D eigenvalue weighted by atomic mass is 10.1. The normalized spacial score (nSPS) is 13.6. The second-order valence-electron chi connectivity index (χ2n) is 12.8. The second-order valence-corrected chi connectivity index (χ2v) is 12.8. The van der Waals surface area contributed by atoms with E-state index < -0.39 is 0 Å². The van der Waals surface area contributed by atoms with E-state index in [1.807, 2.05) is 23.1 Å². The molecule has 7 heteroatoms. The second kappa shape index (κ2) is 17.1. The fourth-order valence-corrected chi connectivity index (χ4v) is 5.27. The number of aromatic nitrogens is 2. The van der Waals surface area contributed by atoms with Crippen LogP contribution in [-0.4, -0.2) is 58.5 Å². The summed E-state index contributed by atoms with van der Waals surface area (Å²) < 4.78 is 2.18. The van der Waals surface area contributed by atoms with Crippen LogP contribution in [0.5, 0.6) is 0 Å². The van der Waals surface area contributed by atoms with Crippen molar-refractivity contribution in [3.05, 3.63) is 60.3 Å². The summed E-state index contributed by atoms with van der Waals surface area (Å²) in [5.74, 6) is 2.01. The Kier molecular flexibility index (Phi) is 13.6. The Morgan fingerprint density at radius 3 is 2.26 bits per heavy atom. The van der Waals surface area contributed by atoms with Crippen LogP contribution in [0.2, 0.25) is 0 Å². The summed E-state index contributed by atoms with van der Waals surface area (Å²) in [5, 5.41) is 6.68. The summed E-state index contributed by atoms with van der Waals surface area (Å²) in [6, 6.07) is 12.1. The van der Waals surface area contributed by atoms with Crippen molar-refractivity contribution in [3.63, 3.8) is 0 Å². The highest BCUT2D eigenvalue weighted by atomic mass is 16.2. The number of fused-ring (bicyclic) bond motifs is 1. The van der Waals surface area contributed by atoms with Crippen LogP contribution >= 0.6 is 0 Å². The van der Waals surface area contributed by atoms with Gasteiger partial charge in [-0.2, -0.15) is 0 Å². The molecule has 3 aromatic rings. The standard InChI is InChI=1S/C30H43N5O.C6H13N/c1-8-16-35-28-19-24(29(36)34(17-14-21(3)4)18-15-22(5)6)11-13-26(28)33-30(35)32-25-12-10-23(7)27(20-25)31-9-2;1-7-5-3-2-4-6-7/h9-13,19-22,31H,2,8,14-18H2,1,3-7H3,(H,32,33);2-6H2,1H3. The quantitative estimate of drug-likeness (QED) is 0.209. The van der Waals surface area contributed by atoms with E-state index in [0.717, 1.165) is 78.4 Å². The number of anilines is 3. The maximum atomic E-state index is 13.6. The number of carbonyl (C=O) groups is 1. The van der Waals surface area contributed by atoms with Crippen molar-refractivity contribution >= 4 is 34.3 Å². The third kappa shape index (κ3) is 10.4. The van der Waals surface area contributed by atoms with E-state index in [4.69, 9.17) is 4.98 Å². The van der Waals surface area contributed by atoms with Crippen molar-refractivity contribution in [2.75, 3.05) is 43.9 Å². The number of nitrogens with one attached hydrogen (secondary N) is 2. The Morgan fingerprint density at radius 2 is 1.70 bits per heavy atom. The zero-order valence-electron chi connectivity index (χ0n) is 27.9. The molecule has 2 heterocycles. The van der Waals surface area contributed by atoms with E-state index in [1.54, 1.807) is 6.20 Å². The molecule has 4 rings (SSSR count). The van der Waals surface area contributed by atoms with Gasteiger partial charge in [0.15, 0.2) is 0 Å². The number of hydrogen-bond donors (Lipinski definition) is 2. The third-order valence-electron chi connectivity index (χ3n) is 8.01. The average Bonchev–Trinajstić information content (AvgIpc) is 3.31. The van der Waals surface area contributed by atoms with Crippen molar-refractivity contribution in [2.45, 2.75) is 86.6 Å². The molecule has 0 radical (unpaired) electrons. The molecule has 1 aromatic heterocycles. The van der Waals surface area contributed by atoms with E-state index in [-0.39, 0.29) is 5.91 Å². The highest BCUT2D eigenvalue weighted by molar-refractivity contribution is 5.98. The summed E-state index contributed by atoms with van der Waals surface area (Å²) >= 11 is 0. The SMILES string of the molecule is C=CNc1cc(Nc2nc3ccc(C(=O)N(CCC(C)C)CCC(C)C)cc3n2CCC)ccc1C.CN1CCCCC1. The minimum absolute atomic E-state index is 0.107. The van der Waals surface area contributed by atoms with Crippen molar-refractivity contribution in [1.82, 2.24) is 19.4 Å². The summed E-state index contributed by atoms with van der Waals surface area (Å²) in [6.45, 7) is 21.8. The average molecular weight is 589 g/mol. The molecule has 2 N–H and O–H groups in total. The van der Waals surface area contributed by atoms with Crippen LogP contribution in [0.4, 0.5) is 17.3 Å². The van der Waals surface area contributed by atoms with Crippen molar-refractivity contribution in [3.8, 4) is 0 Å². The van der Waals surface area contributed by atoms with Gasteiger partial charge in [-0.1, -0.05) is 53.7 Å². The number of imidazole rings is 1. The molecule has 1 fully saturated rings. The molecule has 0 atom stereocenters. The first-order valence-corrected chi connectivity index (χ1v) is 16.4. The molecule has 7 nitrogen and oxygen atoms in total.